The summed E-state index contributed by atoms with van der Waals surface area (Å²) >= 11 is 0. The molecule has 1 heterocycles. The average molecular weight is 357 g/mol. The lowest BCUT2D eigenvalue weighted by molar-refractivity contribution is -0.160. The zero-order chi connectivity index (χ0) is 19.4. The molecule has 0 spiro atoms. The van der Waals surface area contributed by atoms with Gasteiger partial charge in [-0.05, 0) is 46.5 Å². The summed E-state index contributed by atoms with van der Waals surface area (Å²) in [6, 6.07) is -0.714. The largest absolute Gasteiger partial charge is 0.393 e. The Morgan fingerprint density at radius 2 is 1.32 bits per heavy atom. The number of carbonyl (C=O) groups is 2. The van der Waals surface area contributed by atoms with Crippen LogP contribution in [0.25, 0.3) is 0 Å². The fourth-order valence-corrected chi connectivity index (χ4v) is 3.17. The molecule has 1 N–H and O–H groups in total. The van der Waals surface area contributed by atoms with Crippen molar-refractivity contribution in [3.05, 3.63) is 0 Å². The molecule has 0 saturated carbocycles. The van der Waals surface area contributed by atoms with Crippen molar-refractivity contribution >= 4 is 11.8 Å². The molecule has 2 amide bonds. The Labute approximate surface area is 154 Å². The Hall–Kier alpha value is -1.10. The zero-order valence-electron chi connectivity index (χ0n) is 17.3. The number of nitrogens with zero attached hydrogens (tertiary/aromatic N) is 2. The molecule has 1 fully saturated rings. The maximum atomic E-state index is 12.6. The number of amides is 2. The first-order chi connectivity index (χ1) is 11.9. The van der Waals surface area contributed by atoms with Crippen molar-refractivity contribution in [1.29, 1.82) is 0 Å². The highest BCUT2D eigenvalue weighted by atomic mass is 16.3. The molecule has 1 saturated heterocycles. The summed E-state index contributed by atoms with van der Waals surface area (Å²) in [6.45, 7) is 12.9. The van der Waals surface area contributed by atoms with E-state index in [0.717, 1.165) is 32.1 Å². The van der Waals surface area contributed by atoms with Gasteiger partial charge in [-0.3, -0.25) is 9.59 Å². The van der Waals surface area contributed by atoms with E-state index in [4.69, 9.17) is 0 Å². The van der Waals surface area contributed by atoms with Crippen LogP contribution < -0.4 is 0 Å². The van der Waals surface area contributed by atoms with Gasteiger partial charge in [-0.2, -0.15) is 0 Å². The van der Waals surface area contributed by atoms with Gasteiger partial charge in [0.2, 0.25) is 11.8 Å². The van der Waals surface area contributed by atoms with Gasteiger partial charge in [0.15, 0.2) is 0 Å². The van der Waals surface area contributed by atoms with Crippen LogP contribution in [0.4, 0.5) is 0 Å². The van der Waals surface area contributed by atoms with Crippen LogP contribution in [0.3, 0.4) is 0 Å². The van der Waals surface area contributed by atoms with Crippen molar-refractivity contribution in [2.75, 3.05) is 13.1 Å². The van der Waals surface area contributed by atoms with E-state index in [1.165, 1.54) is 12.8 Å². The third kappa shape index (κ3) is 7.76. The first kappa shape index (κ1) is 23.9. The molecule has 1 rings (SSSR count). The first-order valence-corrected chi connectivity index (χ1v) is 10.2. The van der Waals surface area contributed by atoms with Gasteiger partial charge >= 0.3 is 0 Å². The lowest BCUT2D eigenvalue weighted by atomic mass is 10.0. The maximum absolute atomic E-state index is 12.6. The number of aliphatic hydroxyl groups excluding tert-OH is 1. The Balaban J connectivity index is 0.00000277. The number of carbonyl (C=O) groups excluding carboxylic acids is 2. The SMILES string of the molecule is CC.CCCCCCN1C(=O)C(C)N(CCCC[C@@H](C)O)C(=O)C1C. The minimum absolute atomic E-state index is 0.0599. The monoisotopic (exact) mass is 356 g/mol. The molecule has 0 aromatic rings. The van der Waals surface area contributed by atoms with Crippen LogP contribution in [0.1, 0.15) is 86.5 Å². The predicted octanol–water partition coefficient (Wildman–Crippen LogP) is 3.59. The van der Waals surface area contributed by atoms with E-state index in [0.29, 0.717) is 13.1 Å². The standard InChI is InChI=1S/C18H34N2O3.C2H6/c1-5-6-7-9-12-19-15(3)18(23)20(16(4)17(19)22)13-10-8-11-14(2)21;1-2/h14-16,21H,5-13H2,1-4H3;1-2H3/t14-,15?,16?;/m1./s1. The number of aliphatic hydroxyl groups is 1. The summed E-state index contributed by atoms with van der Waals surface area (Å²) in [5.41, 5.74) is 0. The fraction of sp³-hybridized carbons (Fsp3) is 0.900. The van der Waals surface area contributed by atoms with Crippen molar-refractivity contribution in [2.24, 2.45) is 0 Å². The molecular weight excluding hydrogens is 316 g/mol. The zero-order valence-corrected chi connectivity index (χ0v) is 17.3. The summed E-state index contributed by atoms with van der Waals surface area (Å²) in [5, 5.41) is 9.29. The van der Waals surface area contributed by atoms with Gasteiger partial charge in [0.1, 0.15) is 12.1 Å². The molecule has 0 aromatic heterocycles. The molecule has 0 aromatic carbocycles. The topological polar surface area (TPSA) is 60.9 Å². The van der Waals surface area contributed by atoms with Crippen molar-refractivity contribution in [1.82, 2.24) is 9.80 Å². The second-order valence-electron chi connectivity index (χ2n) is 6.82. The van der Waals surface area contributed by atoms with Crippen LogP contribution in [0.5, 0.6) is 0 Å². The van der Waals surface area contributed by atoms with Crippen LogP contribution in [0, 0.1) is 0 Å². The molecule has 5 heteroatoms. The Morgan fingerprint density at radius 1 is 0.880 bits per heavy atom. The lowest BCUT2D eigenvalue weighted by Gasteiger charge is -2.43. The smallest absolute Gasteiger partial charge is 0.245 e. The number of rotatable bonds is 10. The molecule has 5 nitrogen and oxygen atoms in total. The second-order valence-corrected chi connectivity index (χ2v) is 6.82. The van der Waals surface area contributed by atoms with Crippen molar-refractivity contribution < 1.29 is 14.7 Å². The number of unbranched alkanes of at least 4 members (excludes halogenated alkanes) is 4. The van der Waals surface area contributed by atoms with Gasteiger partial charge in [-0.15, -0.1) is 0 Å². The maximum Gasteiger partial charge on any atom is 0.245 e. The van der Waals surface area contributed by atoms with Gasteiger partial charge in [0, 0.05) is 13.1 Å². The van der Waals surface area contributed by atoms with Crippen molar-refractivity contribution in [3.8, 4) is 0 Å². The summed E-state index contributed by atoms with van der Waals surface area (Å²) in [5.74, 6) is 0.133. The quantitative estimate of drug-likeness (QED) is 0.609. The van der Waals surface area contributed by atoms with Crippen LogP contribution in [-0.4, -0.2) is 58.0 Å². The molecule has 1 aliphatic heterocycles. The molecule has 148 valence electrons. The van der Waals surface area contributed by atoms with E-state index < -0.39 is 0 Å². The molecule has 0 aliphatic carbocycles. The molecule has 2 unspecified atom stereocenters. The van der Waals surface area contributed by atoms with Gasteiger partial charge in [-0.1, -0.05) is 40.0 Å². The molecule has 0 bridgehead atoms. The Bertz CT molecular complexity index is 385. The van der Waals surface area contributed by atoms with Crippen LogP contribution in [-0.2, 0) is 9.59 Å². The van der Waals surface area contributed by atoms with E-state index in [1.54, 1.807) is 16.7 Å². The summed E-state index contributed by atoms with van der Waals surface area (Å²) in [6.07, 6.45) is 6.56. The third-order valence-corrected chi connectivity index (χ3v) is 4.74. The van der Waals surface area contributed by atoms with E-state index >= 15 is 0 Å². The molecule has 1 aliphatic rings. The summed E-state index contributed by atoms with van der Waals surface area (Å²) in [7, 11) is 0. The molecule has 3 atom stereocenters. The van der Waals surface area contributed by atoms with Crippen LogP contribution >= 0.6 is 0 Å². The highest BCUT2D eigenvalue weighted by molar-refractivity contribution is 5.96. The van der Waals surface area contributed by atoms with E-state index in [2.05, 4.69) is 6.92 Å². The Kier molecular flexibility index (Phi) is 12.6. The van der Waals surface area contributed by atoms with Crippen LogP contribution in [0.2, 0.25) is 0 Å². The van der Waals surface area contributed by atoms with Gasteiger partial charge in [0.05, 0.1) is 6.10 Å². The minimum atomic E-state index is -0.364. The third-order valence-electron chi connectivity index (χ3n) is 4.74. The van der Waals surface area contributed by atoms with Gasteiger partial charge in [0.25, 0.3) is 0 Å². The van der Waals surface area contributed by atoms with Crippen LogP contribution in [0.15, 0.2) is 0 Å². The average Bonchev–Trinajstić information content (AvgIpc) is 2.60. The summed E-state index contributed by atoms with van der Waals surface area (Å²) in [4.78, 5) is 28.7. The normalized spacial score (nSPS) is 21.9. The minimum Gasteiger partial charge on any atom is -0.393 e. The highest BCUT2D eigenvalue weighted by Gasteiger charge is 2.40. The van der Waals surface area contributed by atoms with E-state index in [-0.39, 0.29) is 30.0 Å². The number of hydrogen-bond donors (Lipinski definition) is 1. The number of piperazine rings is 1. The number of hydrogen-bond acceptors (Lipinski definition) is 3. The fourth-order valence-electron chi connectivity index (χ4n) is 3.17. The lowest BCUT2D eigenvalue weighted by Crippen LogP contribution is -2.63. The second kappa shape index (κ2) is 13.2. The highest BCUT2D eigenvalue weighted by Crippen LogP contribution is 2.20. The van der Waals surface area contributed by atoms with E-state index in [9.17, 15) is 14.7 Å². The van der Waals surface area contributed by atoms with E-state index in [1.807, 2.05) is 27.7 Å². The Morgan fingerprint density at radius 3 is 1.72 bits per heavy atom. The first-order valence-electron chi connectivity index (χ1n) is 10.2. The molecular formula is C20H40N2O3. The van der Waals surface area contributed by atoms with Crippen molar-refractivity contribution in [3.63, 3.8) is 0 Å². The summed E-state index contributed by atoms with van der Waals surface area (Å²) < 4.78 is 0. The van der Waals surface area contributed by atoms with Gasteiger partial charge in [-0.25, -0.2) is 0 Å². The molecule has 0 radical (unpaired) electrons. The molecule has 25 heavy (non-hydrogen) atoms. The predicted molar refractivity (Wildman–Crippen MR) is 103 cm³/mol. The van der Waals surface area contributed by atoms with Gasteiger partial charge < -0.3 is 14.9 Å². The van der Waals surface area contributed by atoms with Crippen molar-refractivity contribution in [2.45, 2.75) is 105 Å².